The maximum Gasteiger partial charge on any atom is 0.332 e. The average Bonchev–Trinajstić information content (AvgIpc) is 2.98. The minimum Gasteiger partial charge on any atom is -0.396 e. The van der Waals surface area contributed by atoms with Crippen molar-refractivity contribution in [3.05, 3.63) is 27.2 Å². The van der Waals surface area contributed by atoms with Gasteiger partial charge >= 0.3 is 5.69 Å². The standard InChI is InChI=1S/C16H25N5O3/c1-18-11-17-14-13(18)15(23)21(16(24)19(14)2)8-4-7-20-6-3-5-12(9-20)10-22/h11-12,22H,3-10H2,1-2H3. The van der Waals surface area contributed by atoms with Gasteiger partial charge in [-0.25, -0.2) is 9.78 Å². The van der Waals surface area contributed by atoms with Crippen molar-refractivity contribution in [3.63, 3.8) is 0 Å². The fraction of sp³-hybridized carbons (Fsp3) is 0.688. The summed E-state index contributed by atoms with van der Waals surface area (Å²) < 4.78 is 4.39. The molecule has 1 fully saturated rings. The Labute approximate surface area is 139 Å². The molecule has 0 amide bonds. The SMILES string of the molecule is Cn1cnc2c1c(=O)n(CCCN1CCCC(CO)C1)c(=O)n2C. The number of aliphatic hydroxyl groups is 1. The third-order valence-corrected chi connectivity index (χ3v) is 4.92. The van der Waals surface area contributed by atoms with Crippen molar-refractivity contribution < 1.29 is 5.11 Å². The van der Waals surface area contributed by atoms with Crippen molar-refractivity contribution >= 4 is 11.2 Å². The van der Waals surface area contributed by atoms with Crippen LogP contribution in [0.1, 0.15) is 19.3 Å². The van der Waals surface area contributed by atoms with E-state index in [2.05, 4.69) is 9.88 Å². The molecule has 132 valence electrons. The summed E-state index contributed by atoms with van der Waals surface area (Å²) in [4.78, 5) is 31.5. The monoisotopic (exact) mass is 335 g/mol. The summed E-state index contributed by atoms with van der Waals surface area (Å²) in [6.45, 7) is 3.37. The summed E-state index contributed by atoms with van der Waals surface area (Å²) in [5.41, 5.74) is 0.277. The first-order valence-corrected chi connectivity index (χ1v) is 8.47. The maximum absolute atomic E-state index is 12.6. The van der Waals surface area contributed by atoms with Crippen LogP contribution in [0.5, 0.6) is 0 Å². The van der Waals surface area contributed by atoms with Gasteiger partial charge in [-0.15, -0.1) is 0 Å². The molecule has 2 aromatic heterocycles. The zero-order chi connectivity index (χ0) is 17.3. The Morgan fingerprint density at radius 2 is 2.08 bits per heavy atom. The number of hydrogen-bond donors (Lipinski definition) is 1. The number of hydrogen-bond acceptors (Lipinski definition) is 5. The fourth-order valence-corrected chi connectivity index (χ4v) is 3.55. The van der Waals surface area contributed by atoms with Gasteiger partial charge in [0.2, 0.25) is 0 Å². The largest absolute Gasteiger partial charge is 0.396 e. The Bertz CT molecular complexity index is 835. The molecule has 1 saturated heterocycles. The molecule has 1 aliphatic rings. The van der Waals surface area contributed by atoms with E-state index in [0.29, 0.717) is 23.6 Å². The number of rotatable bonds is 5. The van der Waals surface area contributed by atoms with Crippen molar-refractivity contribution in [2.24, 2.45) is 20.0 Å². The molecule has 0 aromatic carbocycles. The molecule has 3 rings (SSSR count). The minimum absolute atomic E-state index is 0.230. The van der Waals surface area contributed by atoms with Crippen molar-refractivity contribution in [1.29, 1.82) is 0 Å². The highest BCUT2D eigenvalue weighted by Crippen LogP contribution is 2.15. The molecule has 0 aliphatic carbocycles. The normalized spacial score (nSPS) is 19.2. The van der Waals surface area contributed by atoms with Crippen molar-refractivity contribution in [2.45, 2.75) is 25.8 Å². The molecule has 0 bridgehead atoms. The first-order chi connectivity index (χ1) is 11.5. The second-order valence-corrected chi connectivity index (χ2v) is 6.67. The van der Waals surface area contributed by atoms with Crippen LogP contribution in [0.2, 0.25) is 0 Å². The van der Waals surface area contributed by atoms with E-state index < -0.39 is 0 Å². The topological polar surface area (TPSA) is 85.3 Å². The van der Waals surface area contributed by atoms with Crippen LogP contribution in [-0.4, -0.2) is 54.9 Å². The Morgan fingerprint density at radius 3 is 2.83 bits per heavy atom. The van der Waals surface area contributed by atoms with Crippen LogP contribution >= 0.6 is 0 Å². The Kier molecular flexibility index (Phi) is 4.86. The van der Waals surface area contributed by atoms with E-state index in [1.165, 1.54) is 9.13 Å². The van der Waals surface area contributed by atoms with Gasteiger partial charge in [0, 0.05) is 33.8 Å². The lowest BCUT2D eigenvalue weighted by Gasteiger charge is -2.31. The van der Waals surface area contributed by atoms with Crippen LogP contribution in [0.4, 0.5) is 0 Å². The number of likely N-dealkylation sites (tertiary alicyclic amines) is 1. The summed E-state index contributed by atoms with van der Waals surface area (Å²) in [5.74, 6) is 0.347. The summed E-state index contributed by atoms with van der Waals surface area (Å²) in [6, 6.07) is 0. The van der Waals surface area contributed by atoms with Crippen LogP contribution in [0, 0.1) is 5.92 Å². The van der Waals surface area contributed by atoms with Gasteiger partial charge in [0.1, 0.15) is 0 Å². The van der Waals surface area contributed by atoms with Crippen LogP contribution in [0.25, 0.3) is 11.2 Å². The Morgan fingerprint density at radius 1 is 1.29 bits per heavy atom. The second kappa shape index (κ2) is 6.90. The van der Waals surface area contributed by atoms with Crippen molar-refractivity contribution in [2.75, 3.05) is 26.2 Å². The lowest BCUT2D eigenvalue weighted by Crippen LogP contribution is -2.41. The number of aryl methyl sites for hydroxylation is 2. The predicted molar refractivity (Wildman–Crippen MR) is 91.1 cm³/mol. The Balaban J connectivity index is 1.75. The molecule has 1 aliphatic heterocycles. The Hall–Kier alpha value is -1.93. The highest BCUT2D eigenvalue weighted by atomic mass is 16.3. The molecular weight excluding hydrogens is 310 g/mol. The minimum atomic E-state index is -0.321. The number of fused-ring (bicyclic) bond motifs is 1. The summed E-state index contributed by atoms with van der Waals surface area (Å²) in [7, 11) is 3.40. The van der Waals surface area contributed by atoms with Crippen molar-refractivity contribution in [3.8, 4) is 0 Å². The zero-order valence-electron chi connectivity index (χ0n) is 14.3. The van der Waals surface area contributed by atoms with Gasteiger partial charge < -0.3 is 14.6 Å². The number of aliphatic hydroxyl groups excluding tert-OH is 1. The summed E-state index contributed by atoms with van der Waals surface area (Å²) >= 11 is 0. The van der Waals surface area contributed by atoms with Gasteiger partial charge in [-0.05, 0) is 38.3 Å². The summed E-state index contributed by atoms with van der Waals surface area (Å²) in [6.07, 6.45) is 4.45. The first-order valence-electron chi connectivity index (χ1n) is 8.47. The smallest absolute Gasteiger partial charge is 0.332 e. The molecule has 1 atom stereocenters. The zero-order valence-corrected chi connectivity index (χ0v) is 14.3. The molecule has 2 aromatic rings. The maximum atomic E-state index is 12.6. The van der Waals surface area contributed by atoms with Crippen LogP contribution < -0.4 is 11.2 Å². The third kappa shape index (κ3) is 3.03. The molecule has 3 heterocycles. The number of nitrogens with zero attached hydrogens (tertiary/aromatic N) is 5. The number of imidazole rings is 1. The average molecular weight is 335 g/mol. The third-order valence-electron chi connectivity index (χ3n) is 4.92. The van der Waals surface area contributed by atoms with Gasteiger partial charge in [0.25, 0.3) is 5.56 Å². The summed E-state index contributed by atoms with van der Waals surface area (Å²) in [5, 5.41) is 9.30. The molecule has 8 nitrogen and oxygen atoms in total. The number of aromatic nitrogens is 4. The van der Waals surface area contributed by atoms with E-state index in [4.69, 9.17) is 0 Å². The first kappa shape index (κ1) is 16.9. The van der Waals surface area contributed by atoms with E-state index in [0.717, 1.165) is 38.9 Å². The van der Waals surface area contributed by atoms with E-state index in [9.17, 15) is 14.7 Å². The van der Waals surface area contributed by atoms with Crippen LogP contribution in [0.3, 0.4) is 0 Å². The van der Waals surface area contributed by atoms with Gasteiger partial charge in [0.15, 0.2) is 11.2 Å². The molecular formula is C16H25N5O3. The molecule has 0 spiro atoms. The fourth-order valence-electron chi connectivity index (χ4n) is 3.55. The van der Waals surface area contributed by atoms with E-state index in [1.54, 1.807) is 25.0 Å². The lowest BCUT2D eigenvalue weighted by molar-refractivity contribution is 0.118. The second-order valence-electron chi connectivity index (χ2n) is 6.67. The van der Waals surface area contributed by atoms with Crippen LogP contribution in [0.15, 0.2) is 15.9 Å². The van der Waals surface area contributed by atoms with Gasteiger partial charge in [-0.1, -0.05) is 0 Å². The lowest BCUT2D eigenvalue weighted by atomic mass is 9.99. The molecule has 0 saturated carbocycles. The molecule has 8 heteroatoms. The van der Waals surface area contributed by atoms with E-state index in [1.807, 2.05) is 0 Å². The molecule has 1 unspecified atom stereocenters. The van der Waals surface area contributed by atoms with Gasteiger partial charge in [-0.3, -0.25) is 13.9 Å². The predicted octanol–water partition coefficient (Wildman–Crippen LogP) is -0.472. The number of piperidine rings is 1. The van der Waals surface area contributed by atoms with E-state index in [-0.39, 0.29) is 17.9 Å². The molecule has 1 N–H and O–H groups in total. The molecule has 24 heavy (non-hydrogen) atoms. The highest BCUT2D eigenvalue weighted by molar-refractivity contribution is 5.69. The highest BCUT2D eigenvalue weighted by Gasteiger charge is 2.19. The van der Waals surface area contributed by atoms with E-state index >= 15 is 0 Å². The van der Waals surface area contributed by atoms with Crippen molar-refractivity contribution in [1.82, 2.24) is 23.6 Å². The van der Waals surface area contributed by atoms with Gasteiger partial charge in [0.05, 0.1) is 6.33 Å². The van der Waals surface area contributed by atoms with Gasteiger partial charge in [-0.2, -0.15) is 0 Å². The van der Waals surface area contributed by atoms with Crippen LogP contribution in [-0.2, 0) is 20.6 Å². The quantitative estimate of drug-likeness (QED) is 0.798. The molecule has 0 radical (unpaired) electrons.